The van der Waals surface area contributed by atoms with Gasteiger partial charge in [0.1, 0.15) is 23.7 Å². The number of piperazine rings is 1. The van der Waals surface area contributed by atoms with Crippen molar-refractivity contribution in [3.8, 4) is 5.75 Å². The van der Waals surface area contributed by atoms with Gasteiger partial charge in [0.05, 0.1) is 16.9 Å². The first-order valence-electron chi connectivity index (χ1n) is 11.6. The van der Waals surface area contributed by atoms with Crippen LogP contribution in [-0.2, 0) is 6.54 Å². The van der Waals surface area contributed by atoms with Crippen LogP contribution in [0.15, 0.2) is 41.3 Å². The Labute approximate surface area is 201 Å². The molecule has 1 unspecified atom stereocenters. The first kappa shape index (κ1) is 23.3. The fourth-order valence-electron chi connectivity index (χ4n) is 4.59. The third-order valence-electron chi connectivity index (χ3n) is 6.61. The molecule has 1 amide bonds. The van der Waals surface area contributed by atoms with E-state index in [1.165, 1.54) is 24.4 Å². The molecule has 1 atom stereocenters. The van der Waals surface area contributed by atoms with Gasteiger partial charge in [-0.3, -0.25) is 15.0 Å². The summed E-state index contributed by atoms with van der Waals surface area (Å²) in [6.07, 6.45) is 1.52. The van der Waals surface area contributed by atoms with E-state index in [0.717, 1.165) is 18.7 Å². The van der Waals surface area contributed by atoms with Crippen molar-refractivity contribution < 1.29 is 18.3 Å². The number of halogens is 2. The van der Waals surface area contributed by atoms with Crippen LogP contribution in [0.4, 0.5) is 14.5 Å². The average Bonchev–Trinajstić information content (AvgIpc) is 2.84. The third-order valence-corrected chi connectivity index (χ3v) is 6.61. The topological polar surface area (TPSA) is 78.8 Å². The van der Waals surface area contributed by atoms with E-state index in [4.69, 9.17) is 4.74 Å². The third kappa shape index (κ3) is 4.35. The van der Waals surface area contributed by atoms with E-state index in [1.54, 1.807) is 12.1 Å². The van der Waals surface area contributed by atoms with Crippen LogP contribution in [0.5, 0.6) is 5.75 Å². The van der Waals surface area contributed by atoms with E-state index in [1.807, 2.05) is 23.4 Å². The number of carbonyl (C=O) groups excluding carboxylic acids is 1. The lowest BCUT2D eigenvalue weighted by Crippen LogP contribution is -2.45. The Morgan fingerprint density at radius 1 is 1.14 bits per heavy atom. The van der Waals surface area contributed by atoms with Crippen LogP contribution in [0, 0.1) is 11.6 Å². The van der Waals surface area contributed by atoms with Crippen LogP contribution in [0.2, 0.25) is 0 Å². The number of likely N-dealkylation sites (N-methyl/N-ethyl adjacent to an activating group) is 1. The minimum atomic E-state index is -0.633. The van der Waals surface area contributed by atoms with Crippen LogP contribution in [0.25, 0.3) is 10.9 Å². The molecule has 0 saturated carbocycles. The van der Waals surface area contributed by atoms with Gasteiger partial charge >= 0.3 is 0 Å². The lowest BCUT2D eigenvalue weighted by Gasteiger charge is -2.37. The number of nitrogens with zero attached hydrogens (tertiary/aromatic N) is 3. The van der Waals surface area contributed by atoms with E-state index >= 15 is 4.39 Å². The van der Waals surface area contributed by atoms with Gasteiger partial charge in [0.15, 0.2) is 11.6 Å². The molecule has 2 aromatic carbocycles. The first-order valence-corrected chi connectivity index (χ1v) is 11.6. The number of pyridine rings is 1. The van der Waals surface area contributed by atoms with Crippen molar-refractivity contribution in [2.24, 2.45) is 0 Å². The van der Waals surface area contributed by atoms with Gasteiger partial charge < -0.3 is 19.1 Å². The summed E-state index contributed by atoms with van der Waals surface area (Å²) >= 11 is 0. The number of nitrogens with one attached hydrogen (secondary N) is 2. The highest BCUT2D eigenvalue weighted by molar-refractivity contribution is 5.99. The zero-order valence-electron chi connectivity index (χ0n) is 19.6. The molecule has 35 heavy (non-hydrogen) atoms. The molecule has 8 nitrogen and oxygen atoms in total. The number of amides is 1. The van der Waals surface area contributed by atoms with E-state index < -0.39 is 17.2 Å². The zero-order chi connectivity index (χ0) is 24.7. The van der Waals surface area contributed by atoms with Gasteiger partial charge in [0.25, 0.3) is 5.91 Å². The van der Waals surface area contributed by atoms with Gasteiger partial charge in [-0.15, -0.1) is 0 Å². The highest BCUT2D eigenvalue weighted by Gasteiger charge is 2.31. The monoisotopic (exact) mass is 483 g/mol. The minimum absolute atomic E-state index is 0.101. The number of hydrazine groups is 1. The van der Waals surface area contributed by atoms with Crippen LogP contribution >= 0.6 is 0 Å². The number of hydrogen-bond acceptors (Lipinski definition) is 6. The number of carbonyl (C=O) groups is 1. The molecular formula is C25H27F2N5O3. The van der Waals surface area contributed by atoms with Gasteiger partial charge in [0.2, 0.25) is 5.43 Å². The van der Waals surface area contributed by atoms with Crippen molar-refractivity contribution in [3.05, 3.63) is 69.5 Å². The lowest BCUT2D eigenvalue weighted by molar-refractivity contribution is 0.0930. The molecule has 0 radical (unpaired) electrons. The molecule has 0 spiro atoms. The summed E-state index contributed by atoms with van der Waals surface area (Å²) in [5.41, 5.74) is 6.22. The SMILES string of the molecule is CC1COc2c(N3CCN(C)CC3)c(F)cc3c(=O)c(C(=O)NNCc4ccc(F)cc4)cn1c23. The second-order valence-electron chi connectivity index (χ2n) is 9.10. The summed E-state index contributed by atoms with van der Waals surface area (Å²) < 4.78 is 36.3. The highest BCUT2D eigenvalue weighted by Crippen LogP contribution is 2.42. The highest BCUT2D eigenvalue weighted by atomic mass is 19.1. The Morgan fingerprint density at radius 3 is 2.57 bits per heavy atom. The molecule has 0 bridgehead atoms. The Hall–Kier alpha value is -3.50. The average molecular weight is 484 g/mol. The Balaban J connectivity index is 1.48. The molecule has 2 aliphatic rings. The van der Waals surface area contributed by atoms with Crippen molar-refractivity contribution in [2.45, 2.75) is 19.5 Å². The van der Waals surface area contributed by atoms with Crippen molar-refractivity contribution in [1.82, 2.24) is 20.3 Å². The van der Waals surface area contributed by atoms with Crippen LogP contribution in [-0.4, -0.2) is 55.2 Å². The molecule has 3 aromatic rings. The summed E-state index contributed by atoms with van der Waals surface area (Å²) in [5.74, 6) is -1.17. The molecule has 184 valence electrons. The number of anilines is 1. The number of benzene rings is 2. The normalized spacial score (nSPS) is 17.9. The fourth-order valence-corrected chi connectivity index (χ4v) is 4.59. The molecule has 0 aliphatic carbocycles. The van der Waals surface area contributed by atoms with Gasteiger partial charge in [-0.2, -0.15) is 0 Å². The molecule has 1 saturated heterocycles. The number of rotatable bonds is 5. The number of hydrogen-bond donors (Lipinski definition) is 2. The summed E-state index contributed by atoms with van der Waals surface area (Å²) in [5, 5.41) is 0.105. The van der Waals surface area contributed by atoms with Crippen molar-refractivity contribution in [3.63, 3.8) is 0 Å². The van der Waals surface area contributed by atoms with Gasteiger partial charge in [-0.25, -0.2) is 14.2 Å². The predicted octanol–water partition coefficient (Wildman–Crippen LogP) is 2.42. The zero-order valence-corrected chi connectivity index (χ0v) is 19.6. The smallest absolute Gasteiger partial charge is 0.270 e. The molecule has 5 rings (SSSR count). The van der Waals surface area contributed by atoms with Crippen molar-refractivity contribution in [2.75, 3.05) is 44.7 Å². The number of ether oxygens (including phenoxy) is 1. The lowest BCUT2D eigenvalue weighted by atomic mass is 10.0. The maximum Gasteiger partial charge on any atom is 0.270 e. The Morgan fingerprint density at radius 2 is 1.86 bits per heavy atom. The molecule has 1 aromatic heterocycles. The quantitative estimate of drug-likeness (QED) is 0.543. The molecule has 1 fully saturated rings. The summed E-state index contributed by atoms with van der Waals surface area (Å²) in [6, 6.07) is 6.89. The minimum Gasteiger partial charge on any atom is -0.487 e. The number of aromatic nitrogens is 1. The van der Waals surface area contributed by atoms with E-state index in [9.17, 15) is 14.0 Å². The largest absolute Gasteiger partial charge is 0.487 e. The van der Waals surface area contributed by atoms with Crippen molar-refractivity contribution in [1.29, 1.82) is 0 Å². The van der Waals surface area contributed by atoms with Gasteiger partial charge in [-0.1, -0.05) is 12.1 Å². The second kappa shape index (κ2) is 9.27. The van der Waals surface area contributed by atoms with E-state index in [-0.39, 0.29) is 29.4 Å². The summed E-state index contributed by atoms with van der Waals surface area (Å²) in [4.78, 5) is 30.3. The Bertz CT molecular complexity index is 1330. The van der Waals surface area contributed by atoms with Crippen molar-refractivity contribution >= 4 is 22.5 Å². The first-order chi connectivity index (χ1) is 16.8. The molecule has 2 aliphatic heterocycles. The fraction of sp³-hybridized carbons (Fsp3) is 0.360. The van der Waals surface area contributed by atoms with E-state index in [0.29, 0.717) is 36.6 Å². The van der Waals surface area contributed by atoms with E-state index in [2.05, 4.69) is 15.8 Å². The molecule has 10 heteroatoms. The van der Waals surface area contributed by atoms with Crippen LogP contribution in [0.1, 0.15) is 28.9 Å². The van der Waals surface area contributed by atoms with Crippen LogP contribution in [0.3, 0.4) is 0 Å². The maximum absolute atomic E-state index is 15.4. The molecule has 2 N–H and O–H groups in total. The molecular weight excluding hydrogens is 456 g/mol. The molecule has 3 heterocycles. The van der Waals surface area contributed by atoms with Gasteiger partial charge in [-0.05, 0) is 37.7 Å². The summed E-state index contributed by atoms with van der Waals surface area (Å²) in [7, 11) is 2.02. The van der Waals surface area contributed by atoms with Gasteiger partial charge in [0, 0.05) is 38.9 Å². The predicted molar refractivity (Wildman–Crippen MR) is 129 cm³/mol. The maximum atomic E-state index is 15.4. The second-order valence-corrected chi connectivity index (χ2v) is 9.10. The Kier molecular flexibility index (Phi) is 6.16. The van der Waals surface area contributed by atoms with Crippen LogP contribution < -0.4 is 25.9 Å². The standard InChI is InChI=1S/C25H27F2N5O3/c1-15-14-35-24-21-18(11-20(27)22(24)31-9-7-30(2)8-10-31)23(33)19(13-32(15)21)25(34)29-28-12-16-3-5-17(26)6-4-16/h3-6,11,13,15,28H,7-10,12,14H2,1-2H3,(H,29,34). The summed E-state index contributed by atoms with van der Waals surface area (Å²) in [6.45, 7) is 5.34.